The van der Waals surface area contributed by atoms with Crippen LogP contribution in [0, 0.1) is 0 Å². The Hall–Kier alpha value is -1.63. The summed E-state index contributed by atoms with van der Waals surface area (Å²) < 4.78 is 0. The molecule has 1 aromatic rings. The second kappa shape index (κ2) is 8.51. The van der Waals surface area contributed by atoms with E-state index in [9.17, 15) is 4.79 Å². The van der Waals surface area contributed by atoms with Gasteiger partial charge in [0.15, 0.2) is 0 Å². The van der Waals surface area contributed by atoms with Crippen LogP contribution in [0.25, 0.3) is 0 Å². The molecule has 1 unspecified atom stereocenters. The Labute approximate surface area is 99.5 Å². The van der Waals surface area contributed by atoms with Crippen LogP contribution in [0.2, 0.25) is 0 Å². The smallest absolute Gasteiger partial charge is 0.339 e. The van der Waals surface area contributed by atoms with E-state index in [0.29, 0.717) is 19.5 Å². The molecule has 17 heavy (non-hydrogen) atoms. The molecule has 0 aliphatic carbocycles. The van der Waals surface area contributed by atoms with Gasteiger partial charge in [-0.05, 0) is 25.1 Å². The van der Waals surface area contributed by atoms with Gasteiger partial charge >= 0.3 is 5.97 Å². The van der Waals surface area contributed by atoms with Crippen LogP contribution in [0.1, 0.15) is 16.8 Å². The standard InChI is InChI=1S/C7H6O3.C4H12N2O/c8-6-4-2-1-3-5(6)7(9)10;5-2-1-4(7)3-6/h1-4,8H,(H,9,10);4,7H,1-3,5-6H2. The molecule has 0 saturated carbocycles. The first-order valence-electron chi connectivity index (χ1n) is 5.12. The van der Waals surface area contributed by atoms with Crippen LogP contribution in [0.4, 0.5) is 0 Å². The molecule has 6 heteroatoms. The number of aliphatic hydroxyl groups excluding tert-OH is 1. The number of hydrogen-bond donors (Lipinski definition) is 5. The first kappa shape index (κ1) is 15.4. The molecule has 0 saturated heterocycles. The van der Waals surface area contributed by atoms with Crippen molar-refractivity contribution in [3.05, 3.63) is 29.8 Å². The van der Waals surface area contributed by atoms with Crippen molar-refractivity contribution in [1.29, 1.82) is 0 Å². The number of benzene rings is 1. The summed E-state index contributed by atoms with van der Waals surface area (Å²) in [4.78, 5) is 10.3. The normalized spacial score (nSPS) is 11.2. The number of aliphatic hydroxyl groups is 1. The molecule has 0 aliphatic rings. The minimum absolute atomic E-state index is 0.0671. The van der Waals surface area contributed by atoms with Crippen molar-refractivity contribution < 1.29 is 20.1 Å². The van der Waals surface area contributed by atoms with E-state index in [1.165, 1.54) is 12.1 Å². The zero-order chi connectivity index (χ0) is 13.3. The number of para-hydroxylation sites is 1. The highest BCUT2D eigenvalue weighted by Gasteiger charge is 2.05. The van der Waals surface area contributed by atoms with Crippen LogP contribution in [0.3, 0.4) is 0 Å². The first-order valence-corrected chi connectivity index (χ1v) is 5.12. The molecule has 1 aromatic carbocycles. The van der Waals surface area contributed by atoms with E-state index in [1.807, 2.05) is 0 Å². The fourth-order valence-electron chi connectivity index (χ4n) is 0.965. The number of rotatable bonds is 4. The van der Waals surface area contributed by atoms with Gasteiger partial charge in [0.2, 0.25) is 0 Å². The van der Waals surface area contributed by atoms with Crippen molar-refractivity contribution in [2.24, 2.45) is 11.5 Å². The van der Waals surface area contributed by atoms with Gasteiger partial charge < -0.3 is 26.8 Å². The second-order valence-electron chi connectivity index (χ2n) is 3.29. The van der Waals surface area contributed by atoms with Gasteiger partial charge in [-0.15, -0.1) is 0 Å². The Morgan fingerprint density at radius 3 is 2.18 bits per heavy atom. The Kier molecular flexibility index (Phi) is 7.70. The molecule has 0 spiro atoms. The number of hydrogen-bond acceptors (Lipinski definition) is 5. The fourth-order valence-corrected chi connectivity index (χ4v) is 0.965. The molecule has 0 amide bonds. The quantitative estimate of drug-likeness (QED) is 0.494. The Balaban J connectivity index is 0.000000325. The van der Waals surface area contributed by atoms with Crippen molar-refractivity contribution in [2.45, 2.75) is 12.5 Å². The van der Waals surface area contributed by atoms with Gasteiger partial charge in [-0.2, -0.15) is 0 Å². The summed E-state index contributed by atoms with van der Waals surface area (Å²) in [7, 11) is 0. The van der Waals surface area contributed by atoms with Crippen LogP contribution < -0.4 is 11.5 Å². The molecule has 0 aliphatic heterocycles. The third kappa shape index (κ3) is 6.52. The minimum atomic E-state index is -1.11. The van der Waals surface area contributed by atoms with Crippen molar-refractivity contribution in [3.8, 4) is 5.75 Å². The van der Waals surface area contributed by atoms with Crippen LogP contribution in [-0.2, 0) is 0 Å². The third-order valence-corrected chi connectivity index (χ3v) is 1.91. The predicted molar refractivity (Wildman–Crippen MR) is 63.8 cm³/mol. The monoisotopic (exact) mass is 242 g/mol. The molecule has 0 bridgehead atoms. The maximum Gasteiger partial charge on any atom is 0.339 e. The summed E-state index contributed by atoms with van der Waals surface area (Å²) in [6, 6.07) is 5.81. The average molecular weight is 242 g/mol. The summed E-state index contributed by atoms with van der Waals surface area (Å²) in [5.41, 5.74) is 10.1. The molecule has 7 N–H and O–H groups in total. The van der Waals surface area contributed by atoms with Gasteiger partial charge in [0.05, 0.1) is 6.10 Å². The zero-order valence-electron chi connectivity index (χ0n) is 9.41. The summed E-state index contributed by atoms with van der Waals surface area (Å²) >= 11 is 0. The maximum atomic E-state index is 10.3. The largest absolute Gasteiger partial charge is 0.507 e. The van der Waals surface area contributed by atoms with Gasteiger partial charge in [-0.25, -0.2) is 4.79 Å². The van der Waals surface area contributed by atoms with E-state index in [0.717, 1.165) is 0 Å². The zero-order valence-corrected chi connectivity index (χ0v) is 9.41. The number of aromatic carboxylic acids is 1. The lowest BCUT2D eigenvalue weighted by atomic mass is 10.2. The molecule has 96 valence electrons. The van der Waals surface area contributed by atoms with E-state index in [1.54, 1.807) is 12.1 Å². The van der Waals surface area contributed by atoms with Crippen LogP contribution >= 0.6 is 0 Å². The molecule has 0 heterocycles. The van der Waals surface area contributed by atoms with E-state index in [-0.39, 0.29) is 11.3 Å². The number of aromatic hydroxyl groups is 1. The lowest BCUT2D eigenvalue weighted by Crippen LogP contribution is -2.22. The molecule has 1 atom stereocenters. The second-order valence-corrected chi connectivity index (χ2v) is 3.29. The molecular formula is C11H18N2O4. The molecular weight excluding hydrogens is 224 g/mol. The van der Waals surface area contributed by atoms with Gasteiger partial charge in [0, 0.05) is 6.54 Å². The van der Waals surface area contributed by atoms with Gasteiger partial charge in [0.25, 0.3) is 0 Å². The third-order valence-electron chi connectivity index (χ3n) is 1.91. The fraction of sp³-hybridized carbons (Fsp3) is 0.364. The predicted octanol–water partition coefficient (Wildman–Crippen LogP) is -0.255. The SMILES string of the molecule is NCCC(O)CN.O=C(O)c1ccccc1O. The van der Waals surface area contributed by atoms with Crippen molar-refractivity contribution in [3.63, 3.8) is 0 Å². The minimum Gasteiger partial charge on any atom is -0.507 e. The molecule has 0 fully saturated rings. The molecule has 0 aromatic heterocycles. The van der Waals surface area contributed by atoms with Crippen molar-refractivity contribution in [2.75, 3.05) is 13.1 Å². The highest BCUT2D eigenvalue weighted by molar-refractivity contribution is 5.90. The topological polar surface area (TPSA) is 130 Å². The molecule has 0 radical (unpaired) electrons. The highest BCUT2D eigenvalue weighted by atomic mass is 16.4. The summed E-state index contributed by atoms with van der Waals surface area (Å²) in [5, 5.41) is 26.0. The van der Waals surface area contributed by atoms with E-state index >= 15 is 0 Å². The van der Waals surface area contributed by atoms with Gasteiger partial charge in [-0.3, -0.25) is 0 Å². The molecule has 1 rings (SSSR count). The van der Waals surface area contributed by atoms with Crippen molar-refractivity contribution in [1.82, 2.24) is 0 Å². The van der Waals surface area contributed by atoms with E-state index < -0.39 is 12.1 Å². The Morgan fingerprint density at radius 1 is 1.29 bits per heavy atom. The van der Waals surface area contributed by atoms with Crippen LogP contribution in [0.15, 0.2) is 24.3 Å². The van der Waals surface area contributed by atoms with Crippen LogP contribution in [0.5, 0.6) is 5.75 Å². The summed E-state index contributed by atoms with van der Waals surface area (Å²) in [6.45, 7) is 0.829. The lowest BCUT2D eigenvalue weighted by Gasteiger charge is -2.01. The Bertz CT molecular complexity index is 344. The van der Waals surface area contributed by atoms with Crippen LogP contribution in [-0.4, -0.2) is 40.5 Å². The van der Waals surface area contributed by atoms with Crippen molar-refractivity contribution >= 4 is 5.97 Å². The molecule has 6 nitrogen and oxygen atoms in total. The number of carboxylic acid groups (broad SMARTS) is 1. The number of carboxylic acids is 1. The van der Waals surface area contributed by atoms with Gasteiger partial charge in [-0.1, -0.05) is 12.1 Å². The van der Waals surface area contributed by atoms with Gasteiger partial charge in [0.1, 0.15) is 11.3 Å². The number of phenols is 1. The first-order chi connectivity index (χ1) is 8.02. The summed E-state index contributed by atoms with van der Waals surface area (Å²) in [6.07, 6.45) is 0.209. The Morgan fingerprint density at radius 2 is 1.88 bits per heavy atom. The average Bonchev–Trinajstić information content (AvgIpc) is 2.30. The van der Waals surface area contributed by atoms with E-state index in [2.05, 4.69) is 0 Å². The highest BCUT2D eigenvalue weighted by Crippen LogP contribution is 2.14. The van der Waals surface area contributed by atoms with E-state index in [4.69, 9.17) is 26.8 Å². The maximum absolute atomic E-state index is 10.3. The number of carbonyl (C=O) groups is 1. The summed E-state index contributed by atoms with van der Waals surface area (Å²) in [5.74, 6) is -1.31. The lowest BCUT2D eigenvalue weighted by molar-refractivity contribution is 0.0693. The number of nitrogens with two attached hydrogens (primary N) is 2.